The maximum absolute atomic E-state index is 13.2. The normalized spacial score (nSPS) is 14.8. The summed E-state index contributed by atoms with van der Waals surface area (Å²) in [4.78, 5) is 44.9. The molecule has 3 aromatic heterocycles. The number of aromatic nitrogens is 3. The van der Waals surface area contributed by atoms with Crippen molar-refractivity contribution in [1.29, 1.82) is 0 Å². The molecule has 0 saturated carbocycles. The summed E-state index contributed by atoms with van der Waals surface area (Å²) in [5.41, 5.74) is 10.8. The topological polar surface area (TPSA) is 173 Å². The number of nitrogens with two attached hydrogens (primary N) is 1. The first-order valence-electron chi connectivity index (χ1n) is 16.4. The van der Waals surface area contributed by atoms with E-state index >= 15 is 0 Å². The van der Waals surface area contributed by atoms with Crippen LogP contribution >= 0.6 is 23.2 Å². The molecule has 4 heterocycles. The number of ether oxygens (including phenoxy) is 1. The number of hydrogen-bond acceptors (Lipinski definition) is 9. The Kier molecular flexibility index (Phi) is 11.3. The van der Waals surface area contributed by atoms with Gasteiger partial charge in [-0.15, -0.1) is 0 Å². The first-order chi connectivity index (χ1) is 24.6. The van der Waals surface area contributed by atoms with E-state index in [-0.39, 0.29) is 37.0 Å². The minimum absolute atomic E-state index is 0.0841. The molecule has 5 aromatic rings. The molecule has 0 aliphatic carbocycles. The van der Waals surface area contributed by atoms with Crippen LogP contribution in [0.15, 0.2) is 77.9 Å². The van der Waals surface area contributed by atoms with Crippen molar-refractivity contribution in [3.63, 3.8) is 0 Å². The quantitative estimate of drug-likeness (QED) is 0.113. The second-order valence-electron chi connectivity index (χ2n) is 12.3. The number of nitrogens with one attached hydrogen (secondary N) is 3. The van der Waals surface area contributed by atoms with Gasteiger partial charge >= 0.3 is 0 Å². The SMILES string of the molecule is COc1nc(-c2cccc(-c3cccc(-c4ccn5c(=O)c(CNCC(O)CC(N)=O)cnc5c4)c3Cl)c2Cl)ccc1CNCC1CCC(=O)N1. The maximum Gasteiger partial charge on any atom is 0.262 e. The van der Waals surface area contributed by atoms with Gasteiger partial charge in [0.05, 0.1) is 35.4 Å². The zero-order valence-corrected chi connectivity index (χ0v) is 29.3. The second kappa shape index (κ2) is 16.0. The maximum atomic E-state index is 13.2. The van der Waals surface area contributed by atoms with Crippen molar-refractivity contribution in [2.45, 2.75) is 44.5 Å². The van der Waals surface area contributed by atoms with Crippen LogP contribution in [0.3, 0.4) is 0 Å². The second-order valence-corrected chi connectivity index (χ2v) is 13.1. The van der Waals surface area contributed by atoms with E-state index in [1.807, 2.05) is 48.5 Å². The third kappa shape index (κ3) is 8.22. The highest BCUT2D eigenvalue weighted by atomic mass is 35.5. The molecular formula is C37H37Cl2N7O5. The zero-order chi connectivity index (χ0) is 36.1. The van der Waals surface area contributed by atoms with Gasteiger partial charge in [0.25, 0.3) is 5.56 Å². The monoisotopic (exact) mass is 729 g/mol. The van der Waals surface area contributed by atoms with Crippen LogP contribution in [0.25, 0.3) is 39.2 Å². The Hall–Kier alpha value is -4.85. The fraction of sp³-hybridized carbons (Fsp3) is 0.270. The standard InChI is InChI=1S/C37H37Cl2N7O5/c1-51-36-22(16-41-19-24-9-11-33(49)44-24)8-10-30(45-36)29-7-3-6-28(35(29)39)27-5-2-4-26(34(27)38)21-12-13-46-32(14-21)43-18-23(37(46)50)17-42-20-25(47)15-31(40)48/h2-8,10,12-14,18,24-25,41-42,47H,9,11,15-17,19-20H2,1H3,(H2,40,48)(H,44,49). The predicted molar refractivity (Wildman–Crippen MR) is 197 cm³/mol. The molecule has 2 amide bonds. The van der Waals surface area contributed by atoms with E-state index in [2.05, 4.69) is 20.9 Å². The third-order valence-corrected chi connectivity index (χ3v) is 9.53. The molecule has 2 atom stereocenters. The van der Waals surface area contributed by atoms with E-state index in [9.17, 15) is 19.5 Å². The van der Waals surface area contributed by atoms with E-state index in [1.54, 1.807) is 25.4 Å². The summed E-state index contributed by atoms with van der Waals surface area (Å²) < 4.78 is 7.07. The Bertz CT molecular complexity index is 2160. The molecule has 1 aliphatic heterocycles. The van der Waals surface area contributed by atoms with Gasteiger partial charge in [0.1, 0.15) is 5.65 Å². The Balaban J connectivity index is 1.22. The van der Waals surface area contributed by atoms with Crippen molar-refractivity contribution in [2.75, 3.05) is 20.2 Å². The lowest BCUT2D eigenvalue weighted by atomic mass is 9.97. The summed E-state index contributed by atoms with van der Waals surface area (Å²) in [6, 6.07) is 18.9. The molecule has 1 aliphatic rings. The number of aliphatic hydroxyl groups is 1. The van der Waals surface area contributed by atoms with Gasteiger partial charge in [0, 0.05) is 84.4 Å². The molecular weight excluding hydrogens is 693 g/mol. The van der Waals surface area contributed by atoms with Crippen LogP contribution in [0, 0.1) is 0 Å². The lowest BCUT2D eigenvalue weighted by molar-refractivity contribution is -0.120. The summed E-state index contributed by atoms with van der Waals surface area (Å²) in [5, 5.41) is 20.1. The van der Waals surface area contributed by atoms with E-state index in [4.69, 9.17) is 38.7 Å². The average molecular weight is 731 g/mol. The number of nitrogens with zero attached hydrogens (tertiary/aromatic N) is 3. The van der Waals surface area contributed by atoms with Crippen molar-refractivity contribution in [2.24, 2.45) is 5.73 Å². The van der Waals surface area contributed by atoms with Crippen LogP contribution in [0.2, 0.25) is 10.0 Å². The molecule has 14 heteroatoms. The van der Waals surface area contributed by atoms with Crippen LogP contribution in [0.4, 0.5) is 0 Å². The van der Waals surface area contributed by atoms with Crippen LogP contribution in [-0.2, 0) is 22.7 Å². The van der Waals surface area contributed by atoms with E-state index < -0.39 is 12.0 Å². The van der Waals surface area contributed by atoms with Crippen LogP contribution < -0.4 is 32.0 Å². The molecule has 6 rings (SSSR count). The van der Waals surface area contributed by atoms with Gasteiger partial charge < -0.3 is 31.5 Å². The Morgan fingerprint density at radius 3 is 2.43 bits per heavy atom. The van der Waals surface area contributed by atoms with Gasteiger partial charge in [0.2, 0.25) is 17.7 Å². The molecule has 51 heavy (non-hydrogen) atoms. The number of benzene rings is 2. The predicted octanol–water partition coefficient (Wildman–Crippen LogP) is 4.10. The van der Waals surface area contributed by atoms with Crippen LogP contribution in [0.5, 0.6) is 5.88 Å². The van der Waals surface area contributed by atoms with Crippen molar-refractivity contribution < 1.29 is 19.4 Å². The van der Waals surface area contributed by atoms with Crippen molar-refractivity contribution in [3.05, 3.63) is 105 Å². The zero-order valence-electron chi connectivity index (χ0n) is 27.8. The number of rotatable bonds is 14. The number of amides is 2. The molecule has 264 valence electrons. The van der Waals surface area contributed by atoms with Crippen molar-refractivity contribution >= 4 is 40.7 Å². The molecule has 6 N–H and O–H groups in total. The van der Waals surface area contributed by atoms with E-state index in [0.717, 1.165) is 34.2 Å². The number of carbonyl (C=O) groups excluding carboxylic acids is 2. The number of carbonyl (C=O) groups is 2. The summed E-state index contributed by atoms with van der Waals surface area (Å²) >= 11 is 14.1. The molecule has 12 nitrogen and oxygen atoms in total. The first-order valence-corrected chi connectivity index (χ1v) is 17.2. The van der Waals surface area contributed by atoms with Gasteiger partial charge in [-0.05, 0) is 30.2 Å². The van der Waals surface area contributed by atoms with Crippen molar-refractivity contribution in [1.82, 2.24) is 30.3 Å². The Labute approximate surface area is 304 Å². The van der Waals surface area contributed by atoms with Gasteiger partial charge in [-0.3, -0.25) is 18.8 Å². The van der Waals surface area contributed by atoms with Gasteiger partial charge in [-0.25, -0.2) is 9.97 Å². The minimum Gasteiger partial charge on any atom is -0.481 e. The minimum atomic E-state index is -0.946. The Morgan fingerprint density at radius 1 is 1.02 bits per heavy atom. The smallest absolute Gasteiger partial charge is 0.262 e. The lowest BCUT2D eigenvalue weighted by Gasteiger charge is -2.16. The fourth-order valence-corrected chi connectivity index (χ4v) is 6.78. The summed E-state index contributed by atoms with van der Waals surface area (Å²) in [6.07, 6.45) is 3.39. The number of fused-ring (bicyclic) bond motifs is 1. The number of aliphatic hydroxyl groups excluding tert-OH is 1. The van der Waals surface area contributed by atoms with Crippen LogP contribution in [-0.4, -0.2) is 63.6 Å². The molecule has 2 unspecified atom stereocenters. The fourth-order valence-electron chi connectivity index (χ4n) is 6.12. The molecule has 1 saturated heterocycles. The summed E-state index contributed by atoms with van der Waals surface area (Å²) in [5.74, 6) is -0.0442. The van der Waals surface area contributed by atoms with Gasteiger partial charge in [-0.2, -0.15) is 0 Å². The molecule has 0 spiro atoms. The molecule has 0 radical (unpaired) electrons. The number of halogens is 2. The first kappa shape index (κ1) is 36.0. The molecule has 0 bridgehead atoms. The molecule has 1 fully saturated rings. The highest BCUT2D eigenvalue weighted by molar-refractivity contribution is 6.39. The Morgan fingerprint density at radius 2 is 1.73 bits per heavy atom. The number of methoxy groups -OCH3 is 1. The number of hydrogen-bond donors (Lipinski definition) is 5. The largest absolute Gasteiger partial charge is 0.481 e. The van der Waals surface area contributed by atoms with Crippen LogP contribution in [0.1, 0.15) is 30.4 Å². The lowest BCUT2D eigenvalue weighted by Crippen LogP contribution is -2.35. The van der Waals surface area contributed by atoms with Gasteiger partial charge in [0.15, 0.2) is 0 Å². The van der Waals surface area contributed by atoms with Crippen molar-refractivity contribution in [3.8, 4) is 39.4 Å². The van der Waals surface area contributed by atoms with Gasteiger partial charge in [-0.1, -0.05) is 65.7 Å². The van der Waals surface area contributed by atoms with E-state index in [1.165, 1.54) is 10.6 Å². The highest BCUT2D eigenvalue weighted by Crippen LogP contribution is 2.42. The van der Waals surface area contributed by atoms with E-state index in [0.29, 0.717) is 57.9 Å². The highest BCUT2D eigenvalue weighted by Gasteiger charge is 2.21. The summed E-state index contributed by atoms with van der Waals surface area (Å²) in [6.45, 7) is 1.45. The number of primary amides is 1. The average Bonchev–Trinajstić information content (AvgIpc) is 3.54. The third-order valence-electron chi connectivity index (χ3n) is 8.71. The number of pyridine rings is 2. The summed E-state index contributed by atoms with van der Waals surface area (Å²) in [7, 11) is 1.58. The molecule has 2 aromatic carbocycles.